The summed E-state index contributed by atoms with van der Waals surface area (Å²) in [4.78, 5) is 10.3. The molecule has 0 aliphatic heterocycles. The van der Waals surface area contributed by atoms with Crippen LogP contribution >= 0.6 is 23.7 Å². The molecular formula is C20H22N4OS2. The Bertz CT molecular complexity index is 862. The van der Waals surface area contributed by atoms with Crippen molar-refractivity contribution in [2.75, 3.05) is 23.2 Å². The third kappa shape index (κ3) is 6.16. The Kier molecular flexibility index (Phi) is 7.38. The van der Waals surface area contributed by atoms with Gasteiger partial charge in [0.15, 0.2) is 5.16 Å². The number of aliphatic hydroxyl groups is 1. The summed E-state index contributed by atoms with van der Waals surface area (Å²) >= 11 is 3.12. The zero-order valence-corrected chi connectivity index (χ0v) is 16.7. The highest BCUT2D eigenvalue weighted by Gasteiger charge is 2.07. The molecule has 27 heavy (non-hydrogen) atoms. The Morgan fingerprint density at radius 2 is 1.70 bits per heavy atom. The molecule has 0 fully saturated rings. The van der Waals surface area contributed by atoms with E-state index in [0.29, 0.717) is 17.5 Å². The van der Waals surface area contributed by atoms with E-state index in [-0.39, 0.29) is 6.61 Å². The Hall–Kier alpha value is -2.22. The van der Waals surface area contributed by atoms with Gasteiger partial charge in [-0.25, -0.2) is 9.97 Å². The fourth-order valence-electron chi connectivity index (χ4n) is 2.32. The predicted molar refractivity (Wildman–Crippen MR) is 114 cm³/mol. The van der Waals surface area contributed by atoms with Crippen molar-refractivity contribution < 1.29 is 5.11 Å². The lowest BCUT2D eigenvalue weighted by molar-refractivity contribution is 0.311. The molecule has 0 amide bonds. The second-order valence-corrected chi connectivity index (χ2v) is 7.61. The van der Waals surface area contributed by atoms with Crippen molar-refractivity contribution >= 4 is 35.3 Å². The standard InChI is InChI=1S/C20H22N4OS2/c1-15-7-5-6-10-17(15)27-24-19-13-18(21-11-12-25)22-20(23-19)26-14-16-8-3-2-4-9-16/h2-10,13,25H,11-12,14H2,1H3,(H2,21,22,23,24). The molecule has 0 aliphatic carbocycles. The number of thioether (sulfide) groups is 1. The van der Waals surface area contributed by atoms with Crippen LogP contribution in [0.3, 0.4) is 0 Å². The molecular weight excluding hydrogens is 376 g/mol. The SMILES string of the molecule is Cc1ccccc1SNc1cc(NCCO)nc(SCc2ccccc2)n1. The Morgan fingerprint density at radius 1 is 0.963 bits per heavy atom. The highest BCUT2D eigenvalue weighted by molar-refractivity contribution is 8.00. The minimum absolute atomic E-state index is 0.0528. The zero-order valence-electron chi connectivity index (χ0n) is 15.1. The third-order valence-electron chi connectivity index (χ3n) is 3.69. The lowest BCUT2D eigenvalue weighted by Crippen LogP contribution is -2.08. The van der Waals surface area contributed by atoms with Crippen LogP contribution in [0.15, 0.2) is 70.7 Å². The summed E-state index contributed by atoms with van der Waals surface area (Å²) in [5.74, 6) is 2.23. The molecule has 0 bridgehead atoms. The summed E-state index contributed by atoms with van der Waals surface area (Å²) < 4.78 is 3.31. The van der Waals surface area contributed by atoms with Gasteiger partial charge in [0, 0.05) is 23.3 Å². The lowest BCUT2D eigenvalue weighted by atomic mass is 10.2. The average Bonchev–Trinajstić information content (AvgIpc) is 2.71. The summed E-state index contributed by atoms with van der Waals surface area (Å²) in [6.45, 7) is 2.58. The van der Waals surface area contributed by atoms with Crippen LogP contribution in [-0.2, 0) is 5.75 Å². The van der Waals surface area contributed by atoms with E-state index >= 15 is 0 Å². The van der Waals surface area contributed by atoms with Crippen LogP contribution in [-0.4, -0.2) is 28.2 Å². The van der Waals surface area contributed by atoms with Gasteiger partial charge >= 0.3 is 0 Å². The second-order valence-electron chi connectivity index (χ2n) is 5.82. The molecule has 140 valence electrons. The molecule has 0 saturated heterocycles. The number of hydrogen-bond acceptors (Lipinski definition) is 7. The monoisotopic (exact) mass is 398 g/mol. The van der Waals surface area contributed by atoms with Crippen molar-refractivity contribution in [1.29, 1.82) is 0 Å². The topological polar surface area (TPSA) is 70.1 Å². The predicted octanol–water partition coefficient (Wildman–Crippen LogP) is 4.60. The van der Waals surface area contributed by atoms with Gasteiger partial charge in [0.1, 0.15) is 11.6 Å². The van der Waals surface area contributed by atoms with Crippen LogP contribution in [0.2, 0.25) is 0 Å². The number of benzene rings is 2. The summed E-state index contributed by atoms with van der Waals surface area (Å²) in [6.07, 6.45) is 0. The number of aromatic nitrogens is 2. The van der Waals surface area contributed by atoms with Crippen molar-refractivity contribution in [3.05, 3.63) is 71.8 Å². The van der Waals surface area contributed by atoms with Gasteiger partial charge in [0.25, 0.3) is 0 Å². The molecule has 1 heterocycles. The Morgan fingerprint density at radius 3 is 2.48 bits per heavy atom. The van der Waals surface area contributed by atoms with Crippen molar-refractivity contribution in [2.24, 2.45) is 0 Å². The van der Waals surface area contributed by atoms with E-state index < -0.39 is 0 Å². The van der Waals surface area contributed by atoms with E-state index in [0.717, 1.165) is 16.5 Å². The van der Waals surface area contributed by atoms with Crippen LogP contribution < -0.4 is 10.0 Å². The second kappa shape index (κ2) is 10.2. The van der Waals surface area contributed by atoms with Crippen LogP contribution in [0.4, 0.5) is 11.6 Å². The van der Waals surface area contributed by atoms with Crippen LogP contribution in [0.25, 0.3) is 0 Å². The van der Waals surface area contributed by atoms with Gasteiger partial charge in [0.05, 0.1) is 6.61 Å². The fraction of sp³-hybridized carbons (Fsp3) is 0.200. The first-order valence-corrected chi connectivity index (χ1v) is 10.4. The first-order chi connectivity index (χ1) is 13.2. The van der Waals surface area contributed by atoms with Gasteiger partial charge in [-0.15, -0.1) is 0 Å². The molecule has 0 spiro atoms. The van der Waals surface area contributed by atoms with Gasteiger partial charge < -0.3 is 15.1 Å². The zero-order chi connectivity index (χ0) is 18.9. The molecule has 3 N–H and O–H groups in total. The quantitative estimate of drug-likeness (QED) is 0.276. The van der Waals surface area contributed by atoms with E-state index in [2.05, 4.69) is 51.2 Å². The number of aliphatic hydroxyl groups excluding tert-OH is 1. The number of nitrogens with zero attached hydrogens (tertiary/aromatic N) is 2. The highest BCUT2D eigenvalue weighted by Crippen LogP contribution is 2.27. The van der Waals surface area contributed by atoms with Crippen LogP contribution in [0.1, 0.15) is 11.1 Å². The largest absolute Gasteiger partial charge is 0.395 e. The van der Waals surface area contributed by atoms with Crippen LogP contribution in [0.5, 0.6) is 0 Å². The fourth-order valence-corrected chi connectivity index (χ4v) is 3.83. The number of hydrogen-bond donors (Lipinski definition) is 3. The van der Waals surface area contributed by atoms with E-state index in [9.17, 15) is 0 Å². The number of nitrogens with one attached hydrogen (secondary N) is 2. The summed E-state index contributed by atoms with van der Waals surface area (Å²) in [5.41, 5.74) is 2.44. The molecule has 1 aromatic heterocycles. The molecule has 3 rings (SSSR count). The molecule has 0 atom stereocenters. The smallest absolute Gasteiger partial charge is 0.191 e. The van der Waals surface area contributed by atoms with Gasteiger partial charge in [-0.3, -0.25) is 0 Å². The normalized spacial score (nSPS) is 10.6. The van der Waals surface area contributed by atoms with Gasteiger partial charge in [-0.2, -0.15) is 0 Å². The first-order valence-electron chi connectivity index (χ1n) is 8.63. The summed E-state index contributed by atoms with van der Waals surface area (Å²) in [7, 11) is 0. The number of anilines is 2. The molecule has 3 aromatic rings. The van der Waals surface area contributed by atoms with Crippen molar-refractivity contribution in [2.45, 2.75) is 22.7 Å². The minimum atomic E-state index is 0.0528. The van der Waals surface area contributed by atoms with Crippen molar-refractivity contribution in [3.63, 3.8) is 0 Å². The Labute approximate surface area is 168 Å². The molecule has 5 nitrogen and oxygen atoms in total. The molecule has 7 heteroatoms. The minimum Gasteiger partial charge on any atom is -0.395 e. The summed E-state index contributed by atoms with van der Waals surface area (Å²) in [5, 5.41) is 12.9. The first kappa shape index (κ1) is 19.5. The summed E-state index contributed by atoms with van der Waals surface area (Å²) in [6, 6.07) is 20.3. The van der Waals surface area contributed by atoms with Crippen molar-refractivity contribution in [3.8, 4) is 0 Å². The lowest BCUT2D eigenvalue weighted by Gasteiger charge is -2.11. The third-order valence-corrected chi connectivity index (χ3v) is 5.60. The van der Waals surface area contributed by atoms with E-state index in [4.69, 9.17) is 5.11 Å². The van der Waals surface area contributed by atoms with Gasteiger partial charge in [-0.1, -0.05) is 60.3 Å². The van der Waals surface area contributed by atoms with Gasteiger partial charge in [-0.05, 0) is 36.1 Å². The number of rotatable bonds is 9. The maximum Gasteiger partial charge on any atom is 0.191 e. The average molecular weight is 399 g/mol. The van der Waals surface area contributed by atoms with E-state index in [1.165, 1.54) is 23.1 Å². The molecule has 0 saturated carbocycles. The Balaban J connectivity index is 1.72. The number of aryl methyl sites for hydroxylation is 1. The molecule has 0 aliphatic rings. The molecule has 2 aromatic carbocycles. The van der Waals surface area contributed by atoms with Gasteiger partial charge in [0.2, 0.25) is 0 Å². The van der Waals surface area contributed by atoms with E-state index in [1.807, 2.05) is 36.4 Å². The maximum atomic E-state index is 9.07. The highest BCUT2D eigenvalue weighted by atomic mass is 32.2. The van der Waals surface area contributed by atoms with Crippen LogP contribution in [0, 0.1) is 6.92 Å². The van der Waals surface area contributed by atoms with E-state index in [1.54, 1.807) is 11.8 Å². The maximum absolute atomic E-state index is 9.07. The molecule has 0 unspecified atom stereocenters. The van der Waals surface area contributed by atoms with Crippen molar-refractivity contribution in [1.82, 2.24) is 9.97 Å². The molecule has 0 radical (unpaired) electrons.